The second-order valence-electron chi connectivity index (χ2n) is 11.2. The minimum absolute atomic E-state index is 0.153. The van der Waals surface area contributed by atoms with E-state index in [1.807, 2.05) is 27.7 Å². The lowest BCUT2D eigenvalue weighted by molar-refractivity contribution is -0.402. The van der Waals surface area contributed by atoms with E-state index in [-0.39, 0.29) is 26.4 Å². The molecule has 3 aliphatic rings. The minimum Gasteiger partial charge on any atom is -0.445 e. The highest BCUT2D eigenvalue weighted by Crippen LogP contribution is 2.30. The first-order valence-electron chi connectivity index (χ1n) is 17.2. The van der Waals surface area contributed by atoms with Crippen LogP contribution in [0.5, 0.6) is 0 Å². The lowest BCUT2D eigenvalue weighted by Crippen LogP contribution is -2.64. The van der Waals surface area contributed by atoms with E-state index in [4.69, 9.17) is 47.7 Å². The third kappa shape index (κ3) is 14.5. The zero-order chi connectivity index (χ0) is 37.8. The molecule has 3 heterocycles. The van der Waals surface area contributed by atoms with Crippen LogP contribution in [0.25, 0.3) is 0 Å². The number of hydrogen-bond donors (Lipinski definition) is 10. The molecule has 0 aliphatic carbocycles. The van der Waals surface area contributed by atoms with Crippen LogP contribution in [0.15, 0.2) is 0 Å². The standard InChI is InChI=1S/C26H49O19P.2C2H6/c27-6-2-1-3-8-39-23-19(33)16(30)15(29)13(42-23)11-40-24-20(34)18(32)22(36)26(44-24)45-25-21(35)17(31)14(28)12(43-25)10-38-7-4-5-9-41-46-37;2*1-2/h12-37,46H,1-11H2;2*1-2H3/p+1. The number of aliphatic hydroxyl groups is 9. The fourth-order valence-electron chi connectivity index (χ4n) is 4.97. The first-order valence-corrected chi connectivity index (χ1v) is 18.1. The zero-order valence-electron chi connectivity index (χ0n) is 29.2. The Morgan fingerprint density at radius 1 is 0.500 bits per heavy atom. The lowest BCUT2D eigenvalue weighted by Gasteiger charge is -2.45. The second kappa shape index (κ2) is 26.4. The molecule has 0 aromatic rings. The highest BCUT2D eigenvalue weighted by Gasteiger charge is 2.51. The predicted octanol–water partition coefficient (Wildman–Crippen LogP) is -3.32. The van der Waals surface area contributed by atoms with E-state index in [1.54, 1.807) is 0 Å². The summed E-state index contributed by atoms with van der Waals surface area (Å²) in [6.45, 7) is 8.21. The van der Waals surface area contributed by atoms with Crippen molar-refractivity contribution >= 4 is 9.03 Å². The smallest absolute Gasteiger partial charge is 0.192 e. The molecule has 3 aliphatic heterocycles. The molecule has 20 heteroatoms. The van der Waals surface area contributed by atoms with E-state index in [0.29, 0.717) is 38.7 Å². The fourth-order valence-corrected chi connectivity index (χ4v) is 5.21. The van der Waals surface area contributed by atoms with E-state index < -0.39 is 108 Å². The molecule has 3 saturated heterocycles. The van der Waals surface area contributed by atoms with Gasteiger partial charge in [0.25, 0.3) is 0 Å². The van der Waals surface area contributed by atoms with Gasteiger partial charge in [-0.15, -0.1) is 0 Å². The molecule has 0 aromatic heterocycles. The summed E-state index contributed by atoms with van der Waals surface area (Å²) in [5.74, 6) is 0. The van der Waals surface area contributed by atoms with Crippen molar-refractivity contribution in [2.75, 3.05) is 39.6 Å². The van der Waals surface area contributed by atoms with Gasteiger partial charge >= 0.3 is 0 Å². The molecule has 16 unspecified atom stereocenters. The highest BCUT2D eigenvalue weighted by atomic mass is 31.1. The normalized spacial score (nSPS) is 39.1. The predicted molar refractivity (Wildman–Crippen MR) is 175 cm³/mol. The van der Waals surface area contributed by atoms with Crippen molar-refractivity contribution in [2.45, 2.75) is 152 Å². The van der Waals surface area contributed by atoms with E-state index in [2.05, 4.69) is 0 Å². The molecule has 0 bridgehead atoms. The average Bonchev–Trinajstić information content (AvgIpc) is 3.13. The Balaban J connectivity index is 0.00000301. The maximum Gasteiger partial charge on any atom is 0.192 e. The van der Waals surface area contributed by atoms with Crippen LogP contribution in [0.2, 0.25) is 0 Å². The molecular weight excluding hydrogens is 695 g/mol. The van der Waals surface area contributed by atoms with Crippen LogP contribution < -0.4 is 0 Å². The van der Waals surface area contributed by atoms with Crippen molar-refractivity contribution in [2.24, 2.45) is 0 Å². The fraction of sp³-hybridized carbons (Fsp3) is 1.00. The van der Waals surface area contributed by atoms with E-state index >= 15 is 0 Å². The van der Waals surface area contributed by atoms with Gasteiger partial charge in [0.2, 0.25) is 0 Å². The Labute approximate surface area is 294 Å². The summed E-state index contributed by atoms with van der Waals surface area (Å²) < 4.78 is 43.4. The van der Waals surface area contributed by atoms with Gasteiger partial charge in [-0.05, 0) is 25.7 Å². The van der Waals surface area contributed by atoms with Crippen molar-refractivity contribution in [1.29, 1.82) is 0 Å². The Kier molecular flexibility index (Phi) is 25.2. The largest absolute Gasteiger partial charge is 0.445 e. The Hall–Kier alpha value is -0.330. The maximum absolute atomic E-state index is 10.5. The first-order chi connectivity index (χ1) is 24.0. The Bertz CT molecular complexity index is 837. The van der Waals surface area contributed by atoms with Crippen LogP contribution in [0, 0.1) is 0 Å². The van der Waals surface area contributed by atoms with Crippen LogP contribution in [0.1, 0.15) is 59.8 Å². The van der Waals surface area contributed by atoms with Gasteiger partial charge in [-0.2, -0.15) is 0 Å². The van der Waals surface area contributed by atoms with Gasteiger partial charge in [-0.25, -0.2) is 0 Å². The Morgan fingerprint density at radius 2 is 0.960 bits per heavy atom. The molecule has 50 heavy (non-hydrogen) atoms. The van der Waals surface area contributed by atoms with Crippen molar-refractivity contribution in [3.05, 3.63) is 0 Å². The van der Waals surface area contributed by atoms with Crippen molar-refractivity contribution in [3.8, 4) is 0 Å². The van der Waals surface area contributed by atoms with Crippen molar-refractivity contribution in [3.63, 3.8) is 0 Å². The van der Waals surface area contributed by atoms with Crippen molar-refractivity contribution < 1.29 is 93.6 Å². The summed E-state index contributed by atoms with van der Waals surface area (Å²) in [5, 5.41) is 101. The number of aliphatic hydroxyl groups excluding tert-OH is 9. The first kappa shape index (κ1) is 47.7. The van der Waals surface area contributed by atoms with Crippen LogP contribution in [-0.2, 0) is 37.7 Å². The van der Waals surface area contributed by atoms with E-state index in [1.165, 1.54) is 0 Å². The molecule has 300 valence electrons. The van der Waals surface area contributed by atoms with E-state index in [9.17, 15) is 46.0 Å². The summed E-state index contributed by atoms with van der Waals surface area (Å²) in [7, 11) is -0.614. The molecule has 0 saturated carbocycles. The Morgan fingerprint density at radius 3 is 1.54 bits per heavy atom. The monoisotopic (exact) mass is 757 g/mol. The topological polar surface area (TPSA) is 299 Å². The van der Waals surface area contributed by atoms with Crippen molar-refractivity contribution in [1.82, 2.24) is 0 Å². The molecule has 3 rings (SSSR count). The van der Waals surface area contributed by atoms with Crippen LogP contribution in [0.3, 0.4) is 0 Å². The van der Waals surface area contributed by atoms with Gasteiger partial charge in [-0.3, -0.25) is 0 Å². The van der Waals surface area contributed by atoms with Crippen LogP contribution in [0.4, 0.5) is 0 Å². The van der Waals surface area contributed by atoms with E-state index in [0.717, 1.165) is 0 Å². The van der Waals surface area contributed by atoms with Gasteiger partial charge in [0.05, 0.1) is 19.8 Å². The number of unbranched alkanes of at least 4 members (excludes halogenated alkanes) is 3. The molecule has 16 atom stereocenters. The quantitative estimate of drug-likeness (QED) is 0.0350. The minimum atomic E-state index is -1.90. The SMILES string of the molecule is CC.CC.OPOCCCCOCC1OC(OC2OC(OCC3OC(OCCCCC[OH2+])C(O)C(O)C3O)C(O)C(O)C2O)C(O)C(O)C1O. The molecule has 3 fully saturated rings. The molecule has 0 amide bonds. The highest BCUT2D eigenvalue weighted by molar-refractivity contribution is 7.24. The second-order valence-corrected chi connectivity index (χ2v) is 11.7. The number of rotatable bonds is 19. The molecule has 12 N–H and O–H groups in total. The summed E-state index contributed by atoms with van der Waals surface area (Å²) in [4.78, 5) is 8.65. The lowest BCUT2D eigenvalue weighted by atomic mass is 9.99. The number of hydrogen-bond acceptors (Lipinski definition) is 18. The van der Waals surface area contributed by atoms with Gasteiger partial charge in [0.1, 0.15) is 73.8 Å². The van der Waals surface area contributed by atoms with Gasteiger partial charge in [0, 0.05) is 19.6 Å². The third-order valence-electron chi connectivity index (χ3n) is 7.79. The van der Waals surface area contributed by atoms with Gasteiger partial charge in [-0.1, -0.05) is 27.7 Å². The molecule has 0 spiro atoms. The zero-order valence-corrected chi connectivity index (χ0v) is 30.2. The number of ether oxygens (including phenoxy) is 7. The van der Waals surface area contributed by atoms with Gasteiger partial charge in [0.15, 0.2) is 34.2 Å². The molecule has 0 radical (unpaired) electrons. The summed E-state index contributed by atoms with van der Waals surface area (Å²) in [6, 6.07) is 0. The molecule has 0 aromatic carbocycles. The summed E-state index contributed by atoms with van der Waals surface area (Å²) >= 11 is 0. The van der Waals surface area contributed by atoms with Crippen LogP contribution >= 0.6 is 9.03 Å². The average molecular weight is 758 g/mol. The summed E-state index contributed by atoms with van der Waals surface area (Å²) in [5.41, 5.74) is 0. The third-order valence-corrected chi connectivity index (χ3v) is 8.12. The van der Waals surface area contributed by atoms with Gasteiger partial charge < -0.3 is 93.6 Å². The maximum atomic E-state index is 10.5. The molecule has 19 nitrogen and oxygen atoms in total. The molecular formula is C30H62O19P+. The van der Waals surface area contributed by atoms with Crippen LogP contribution in [-0.4, -0.2) is 188 Å². The summed E-state index contributed by atoms with van der Waals surface area (Å²) in [6.07, 6.45) is -21.6.